The lowest BCUT2D eigenvalue weighted by Crippen LogP contribution is -2.46. The second-order valence-corrected chi connectivity index (χ2v) is 10.4. The van der Waals surface area contributed by atoms with E-state index in [9.17, 15) is 0 Å². The molecule has 1 aromatic heterocycles. The van der Waals surface area contributed by atoms with Gasteiger partial charge in [0.05, 0.1) is 5.52 Å². The molecule has 3 saturated heterocycles. The van der Waals surface area contributed by atoms with Crippen molar-refractivity contribution in [1.82, 2.24) is 19.7 Å². The first-order valence-electron chi connectivity index (χ1n) is 12.8. The van der Waals surface area contributed by atoms with Gasteiger partial charge in [-0.2, -0.15) is 0 Å². The Hall–Kier alpha value is -1.96. The maximum atomic E-state index is 5.79. The Morgan fingerprint density at radius 2 is 1.82 bits per heavy atom. The summed E-state index contributed by atoms with van der Waals surface area (Å²) in [6.45, 7) is 15.8. The quantitative estimate of drug-likeness (QED) is 0.672. The predicted molar refractivity (Wildman–Crippen MR) is 142 cm³/mol. The van der Waals surface area contributed by atoms with Crippen molar-refractivity contribution in [2.45, 2.75) is 33.1 Å². The van der Waals surface area contributed by atoms with Crippen LogP contribution in [0.4, 0.5) is 11.5 Å². The van der Waals surface area contributed by atoms with Gasteiger partial charge in [-0.25, -0.2) is 4.98 Å². The Bertz CT molecular complexity index is 980. The van der Waals surface area contributed by atoms with Crippen LogP contribution in [0.15, 0.2) is 24.3 Å². The molecule has 0 spiro atoms. The number of benzene rings is 1. The fraction of sp³-hybridized carbons (Fsp3) is 0.615. The molecule has 4 heterocycles. The van der Waals surface area contributed by atoms with E-state index in [2.05, 4.69) is 63.0 Å². The topological polar surface area (TPSA) is 37.9 Å². The number of hydrogen-bond acceptors (Lipinski definition) is 5. The molecule has 7 heteroatoms. The Labute approximate surface area is 203 Å². The lowest BCUT2D eigenvalue weighted by molar-refractivity contribution is 0.270. The van der Waals surface area contributed by atoms with Gasteiger partial charge in [0, 0.05) is 56.9 Å². The SMILES string of the molecule is CCN1CCN(c2cc(C)c3cc(NC(=S)N4CCC(CN5CCCC5)C4)ccc3n2)CC1. The number of nitrogens with one attached hydrogen (secondary N) is 1. The Morgan fingerprint density at radius 3 is 2.58 bits per heavy atom. The minimum Gasteiger partial charge on any atom is -0.354 e. The van der Waals surface area contributed by atoms with Crippen LogP contribution in [0.3, 0.4) is 0 Å². The summed E-state index contributed by atoms with van der Waals surface area (Å²) in [5.41, 5.74) is 3.39. The third-order valence-corrected chi connectivity index (χ3v) is 8.05. The number of hydrogen-bond donors (Lipinski definition) is 1. The van der Waals surface area contributed by atoms with Gasteiger partial charge in [0.1, 0.15) is 5.82 Å². The standard InChI is InChI=1S/C26H38N6S/c1-3-29-12-14-31(15-13-29)25-16-20(2)23-17-22(6-7-24(23)28-25)27-26(33)32-11-8-21(19-32)18-30-9-4-5-10-30/h6-7,16-17,21H,3-5,8-15,18-19H2,1-2H3,(H,27,33). The van der Waals surface area contributed by atoms with E-state index >= 15 is 0 Å². The summed E-state index contributed by atoms with van der Waals surface area (Å²) in [6.07, 6.45) is 3.97. The molecular formula is C26H38N6S. The molecule has 33 heavy (non-hydrogen) atoms. The van der Waals surface area contributed by atoms with E-state index < -0.39 is 0 Å². The van der Waals surface area contributed by atoms with Crippen molar-refractivity contribution in [2.24, 2.45) is 5.92 Å². The molecule has 1 aromatic carbocycles. The second kappa shape index (κ2) is 10.1. The first kappa shape index (κ1) is 22.8. The van der Waals surface area contributed by atoms with Gasteiger partial charge in [-0.1, -0.05) is 6.92 Å². The largest absolute Gasteiger partial charge is 0.354 e. The van der Waals surface area contributed by atoms with Crippen LogP contribution in [0.25, 0.3) is 10.9 Å². The zero-order valence-corrected chi connectivity index (χ0v) is 21.0. The summed E-state index contributed by atoms with van der Waals surface area (Å²) in [4.78, 5) is 14.9. The van der Waals surface area contributed by atoms with Gasteiger partial charge in [-0.15, -0.1) is 0 Å². The van der Waals surface area contributed by atoms with Crippen LogP contribution < -0.4 is 10.2 Å². The highest BCUT2D eigenvalue weighted by Gasteiger charge is 2.27. The molecule has 0 radical (unpaired) electrons. The number of pyridine rings is 1. The first-order chi connectivity index (χ1) is 16.1. The molecule has 1 N–H and O–H groups in total. The highest BCUT2D eigenvalue weighted by Crippen LogP contribution is 2.27. The van der Waals surface area contributed by atoms with Crippen molar-refractivity contribution in [2.75, 3.05) is 75.7 Å². The van der Waals surface area contributed by atoms with E-state index in [1.54, 1.807) is 0 Å². The average molecular weight is 467 g/mol. The van der Waals surface area contributed by atoms with Gasteiger partial charge in [-0.3, -0.25) is 0 Å². The summed E-state index contributed by atoms with van der Waals surface area (Å²) in [5, 5.41) is 5.56. The molecule has 1 atom stereocenters. The van der Waals surface area contributed by atoms with Crippen molar-refractivity contribution in [3.63, 3.8) is 0 Å². The summed E-state index contributed by atoms with van der Waals surface area (Å²) in [5.74, 6) is 1.84. The molecule has 0 saturated carbocycles. The molecule has 2 aromatic rings. The number of likely N-dealkylation sites (tertiary alicyclic amines) is 2. The number of anilines is 2. The van der Waals surface area contributed by atoms with E-state index in [1.807, 2.05) is 0 Å². The van der Waals surface area contributed by atoms with E-state index in [4.69, 9.17) is 17.2 Å². The number of likely N-dealkylation sites (N-methyl/N-ethyl adjacent to an activating group) is 1. The summed E-state index contributed by atoms with van der Waals surface area (Å²) >= 11 is 5.79. The van der Waals surface area contributed by atoms with Gasteiger partial charge in [0.2, 0.25) is 0 Å². The zero-order valence-electron chi connectivity index (χ0n) is 20.2. The third-order valence-electron chi connectivity index (χ3n) is 7.68. The fourth-order valence-corrected chi connectivity index (χ4v) is 5.89. The number of aromatic nitrogens is 1. The lowest BCUT2D eigenvalue weighted by atomic mass is 10.1. The Balaban J connectivity index is 1.22. The van der Waals surface area contributed by atoms with Crippen LogP contribution in [0.2, 0.25) is 0 Å². The number of nitrogens with zero attached hydrogens (tertiary/aromatic N) is 5. The van der Waals surface area contributed by atoms with Crippen LogP contribution in [0.1, 0.15) is 31.7 Å². The van der Waals surface area contributed by atoms with Gasteiger partial charge in [0.25, 0.3) is 0 Å². The molecule has 3 aliphatic heterocycles. The van der Waals surface area contributed by atoms with Gasteiger partial charge < -0.3 is 24.9 Å². The molecule has 5 rings (SSSR count). The number of piperazine rings is 1. The van der Waals surface area contributed by atoms with Crippen LogP contribution >= 0.6 is 12.2 Å². The van der Waals surface area contributed by atoms with E-state index in [0.717, 1.165) is 73.9 Å². The van der Waals surface area contributed by atoms with Crippen LogP contribution in [0, 0.1) is 12.8 Å². The highest BCUT2D eigenvalue weighted by molar-refractivity contribution is 7.80. The van der Waals surface area contributed by atoms with Gasteiger partial charge in [0.15, 0.2) is 5.11 Å². The molecule has 3 aliphatic rings. The molecule has 6 nitrogen and oxygen atoms in total. The smallest absolute Gasteiger partial charge is 0.173 e. The second-order valence-electron chi connectivity index (χ2n) is 9.99. The molecule has 3 fully saturated rings. The number of aryl methyl sites for hydroxylation is 1. The van der Waals surface area contributed by atoms with E-state index in [1.165, 1.54) is 49.8 Å². The molecule has 0 amide bonds. The molecule has 1 unspecified atom stereocenters. The number of rotatable bonds is 5. The zero-order chi connectivity index (χ0) is 22.8. The van der Waals surface area contributed by atoms with E-state index in [-0.39, 0.29) is 0 Å². The highest BCUT2D eigenvalue weighted by atomic mass is 32.1. The maximum absolute atomic E-state index is 5.79. The Morgan fingerprint density at radius 1 is 1.03 bits per heavy atom. The number of thiocarbonyl (C=S) groups is 1. The number of fused-ring (bicyclic) bond motifs is 1. The third kappa shape index (κ3) is 5.26. The van der Waals surface area contributed by atoms with Gasteiger partial charge >= 0.3 is 0 Å². The maximum Gasteiger partial charge on any atom is 0.173 e. The van der Waals surface area contributed by atoms with E-state index in [0.29, 0.717) is 0 Å². The van der Waals surface area contributed by atoms with Crippen LogP contribution in [0.5, 0.6) is 0 Å². The monoisotopic (exact) mass is 466 g/mol. The fourth-order valence-electron chi connectivity index (χ4n) is 5.61. The van der Waals surface area contributed by atoms with Crippen molar-refractivity contribution >= 4 is 39.7 Å². The molecular weight excluding hydrogens is 428 g/mol. The molecule has 0 aliphatic carbocycles. The van der Waals surface area contributed by atoms with Crippen LogP contribution in [-0.4, -0.2) is 90.2 Å². The lowest BCUT2D eigenvalue weighted by Gasteiger charge is -2.35. The van der Waals surface area contributed by atoms with Crippen molar-refractivity contribution < 1.29 is 0 Å². The van der Waals surface area contributed by atoms with Gasteiger partial charge in [-0.05, 0) is 93.8 Å². The summed E-state index contributed by atoms with van der Waals surface area (Å²) in [6, 6.07) is 8.72. The summed E-state index contributed by atoms with van der Waals surface area (Å²) in [7, 11) is 0. The Kier molecular flexibility index (Phi) is 6.99. The minimum absolute atomic E-state index is 0.739. The van der Waals surface area contributed by atoms with Crippen molar-refractivity contribution in [3.8, 4) is 0 Å². The molecule has 178 valence electrons. The first-order valence-corrected chi connectivity index (χ1v) is 13.2. The normalized spacial score (nSPS) is 22.4. The molecule has 0 bridgehead atoms. The van der Waals surface area contributed by atoms with Crippen LogP contribution in [-0.2, 0) is 0 Å². The predicted octanol–water partition coefficient (Wildman–Crippen LogP) is 3.80. The summed E-state index contributed by atoms with van der Waals surface area (Å²) < 4.78 is 0. The minimum atomic E-state index is 0.739. The average Bonchev–Trinajstić information content (AvgIpc) is 3.52. The van der Waals surface area contributed by atoms with Crippen molar-refractivity contribution in [1.29, 1.82) is 0 Å². The van der Waals surface area contributed by atoms with Crippen molar-refractivity contribution in [3.05, 3.63) is 29.8 Å².